The molecule has 1 aliphatic heterocycles. The second-order valence-electron chi connectivity index (χ2n) is 5.42. The third-order valence-electron chi connectivity index (χ3n) is 4.44. The maximum Gasteiger partial charge on any atom is 0.127 e. The summed E-state index contributed by atoms with van der Waals surface area (Å²) < 4.78 is 5.76. The van der Waals surface area contributed by atoms with Crippen molar-refractivity contribution in [2.75, 3.05) is 50.2 Å². The van der Waals surface area contributed by atoms with Crippen molar-refractivity contribution in [1.29, 1.82) is 0 Å². The largest absolute Gasteiger partial charge is 0.496 e. The van der Waals surface area contributed by atoms with E-state index >= 15 is 0 Å². The lowest BCUT2D eigenvalue weighted by Crippen LogP contribution is -2.26. The van der Waals surface area contributed by atoms with Gasteiger partial charge < -0.3 is 4.74 Å². The molecule has 0 saturated heterocycles. The van der Waals surface area contributed by atoms with Gasteiger partial charge in [0.2, 0.25) is 0 Å². The summed E-state index contributed by atoms with van der Waals surface area (Å²) in [6.45, 7) is 7.16. The van der Waals surface area contributed by atoms with Crippen LogP contribution >= 0.6 is 23.8 Å². The fraction of sp³-hybridized carbons (Fsp3) is 0.647. The molecule has 1 heterocycles. The fourth-order valence-corrected chi connectivity index (χ4v) is 12.3. The zero-order valence-electron chi connectivity index (χ0n) is 13.9. The summed E-state index contributed by atoms with van der Waals surface area (Å²) in [5.74, 6) is 1.17. The van der Waals surface area contributed by atoms with E-state index in [1.807, 2.05) is 7.11 Å². The second-order valence-corrected chi connectivity index (χ2v) is 13.5. The fourth-order valence-electron chi connectivity index (χ4n) is 3.08. The summed E-state index contributed by atoms with van der Waals surface area (Å²) in [5, 5.41) is 3.30. The Morgan fingerprint density at radius 3 is 2.14 bits per heavy atom. The minimum Gasteiger partial charge on any atom is -0.496 e. The average Bonchev–Trinajstić information content (AvgIpc) is 2.61. The molecule has 2 rings (SSSR count). The first-order valence-corrected chi connectivity index (χ1v) is 13.5. The highest BCUT2D eigenvalue weighted by atomic mass is 31.1. The molecule has 0 fully saturated rings. The highest BCUT2D eigenvalue weighted by Gasteiger charge is 2.25. The van der Waals surface area contributed by atoms with E-state index < -0.39 is 0 Å². The molecule has 0 aromatic heterocycles. The molecule has 0 spiro atoms. The molecule has 21 heavy (non-hydrogen) atoms. The quantitative estimate of drug-likeness (QED) is 0.734. The molecule has 1 aliphatic rings. The lowest BCUT2D eigenvalue weighted by atomic mass is 10.3. The Morgan fingerprint density at radius 2 is 1.57 bits per heavy atom. The van der Waals surface area contributed by atoms with E-state index in [2.05, 4.69) is 39.0 Å². The maximum absolute atomic E-state index is 5.76. The summed E-state index contributed by atoms with van der Waals surface area (Å²) in [6, 6.07) is 6.82. The summed E-state index contributed by atoms with van der Waals surface area (Å²) in [5.41, 5.74) is 0. The third kappa shape index (κ3) is 4.19. The molecule has 0 bridgehead atoms. The lowest BCUT2D eigenvalue weighted by molar-refractivity contribution is 0.418. The molecule has 4 heteroatoms. The van der Waals surface area contributed by atoms with Crippen molar-refractivity contribution >= 4 is 34.4 Å². The van der Waals surface area contributed by atoms with Gasteiger partial charge in [0.15, 0.2) is 0 Å². The molecule has 0 aliphatic carbocycles. The van der Waals surface area contributed by atoms with Crippen LogP contribution in [0.5, 0.6) is 5.75 Å². The molecular formula is C17H29OP3. The Morgan fingerprint density at radius 1 is 0.905 bits per heavy atom. The van der Waals surface area contributed by atoms with E-state index in [9.17, 15) is 0 Å². The van der Waals surface area contributed by atoms with Crippen molar-refractivity contribution < 1.29 is 4.74 Å². The van der Waals surface area contributed by atoms with Gasteiger partial charge in [0.05, 0.1) is 7.11 Å². The van der Waals surface area contributed by atoms with Gasteiger partial charge >= 0.3 is 0 Å². The van der Waals surface area contributed by atoms with E-state index in [1.165, 1.54) is 48.9 Å². The van der Waals surface area contributed by atoms with Crippen LogP contribution in [0.4, 0.5) is 0 Å². The Balaban J connectivity index is 2.46. The first kappa shape index (κ1) is 17.7. The van der Waals surface area contributed by atoms with Crippen LogP contribution in [0, 0.1) is 0 Å². The topological polar surface area (TPSA) is 9.23 Å². The molecule has 1 nitrogen and oxygen atoms in total. The van der Waals surface area contributed by atoms with Crippen molar-refractivity contribution in [3.8, 4) is 5.75 Å². The molecule has 0 radical (unpaired) electrons. The highest BCUT2D eigenvalue weighted by Crippen LogP contribution is 2.49. The third-order valence-corrected chi connectivity index (χ3v) is 13.1. The average molecular weight is 342 g/mol. The number of hydrogen-bond donors (Lipinski definition) is 0. The smallest absolute Gasteiger partial charge is 0.127 e. The Hall–Kier alpha value is 0.310. The van der Waals surface area contributed by atoms with Crippen LogP contribution in [-0.4, -0.2) is 50.2 Å². The normalized spacial score (nSPS) is 26.4. The number of rotatable bonds is 4. The van der Waals surface area contributed by atoms with Gasteiger partial charge in [0.25, 0.3) is 0 Å². The molecule has 0 amide bonds. The Kier molecular flexibility index (Phi) is 7.41. The van der Waals surface area contributed by atoms with Crippen molar-refractivity contribution in [1.82, 2.24) is 0 Å². The van der Waals surface area contributed by atoms with Crippen molar-refractivity contribution in [2.45, 2.75) is 20.8 Å². The van der Waals surface area contributed by atoms with E-state index in [0.717, 1.165) is 0 Å². The van der Waals surface area contributed by atoms with Crippen LogP contribution in [0.25, 0.3) is 0 Å². The van der Waals surface area contributed by atoms with Crippen molar-refractivity contribution in [2.24, 2.45) is 0 Å². The minimum atomic E-state index is -0.0300. The van der Waals surface area contributed by atoms with Gasteiger partial charge in [-0.1, -0.05) is 48.7 Å². The molecule has 3 atom stereocenters. The SMILES string of the molecule is CCP1CCP(CC)c2cccc(OC)c2P(CC)CC1. The van der Waals surface area contributed by atoms with Gasteiger partial charge in [-0.2, -0.15) is 0 Å². The van der Waals surface area contributed by atoms with E-state index in [4.69, 9.17) is 4.74 Å². The summed E-state index contributed by atoms with van der Waals surface area (Å²) >= 11 is 0. The van der Waals surface area contributed by atoms with Gasteiger partial charge in [-0.15, -0.1) is 7.92 Å². The minimum absolute atomic E-state index is 0.0197. The monoisotopic (exact) mass is 342 g/mol. The van der Waals surface area contributed by atoms with E-state index in [1.54, 1.807) is 10.6 Å². The van der Waals surface area contributed by atoms with Crippen LogP contribution < -0.4 is 15.3 Å². The first-order chi connectivity index (χ1) is 10.2. The van der Waals surface area contributed by atoms with E-state index in [-0.39, 0.29) is 23.8 Å². The molecule has 1 aromatic carbocycles. The van der Waals surface area contributed by atoms with Gasteiger partial charge in [0, 0.05) is 5.30 Å². The van der Waals surface area contributed by atoms with Gasteiger partial charge in [-0.3, -0.25) is 0 Å². The molecule has 0 saturated carbocycles. The lowest BCUT2D eigenvalue weighted by Gasteiger charge is -2.25. The van der Waals surface area contributed by atoms with Crippen molar-refractivity contribution in [3.05, 3.63) is 18.2 Å². The molecule has 118 valence electrons. The zero-order valence-corrected chi connectivity index (χ0v) is 16.6. The van der Waals surface area contributed by atoms with Gasteiger partial charge in [0.1, 0.15) is 5.75 Å². The second kappa shape index (κ2) is 8.82. The van der Waals surface area contributed by atoms with Crippen LogP contribution in [0.1, 0.15) is 20.8 Å². The molecule has 3 unspecified atom stereocenters. The molecule has 0 N–H and O–H groups in total. The Labute approximate surface area is 134 Å². The predicted octanol–water partition coefficient (Wildman–Crippen LogP) is 4.46. The number of ether oxygens (including phenoxy) is 1. The molecule has 1 aromatic rings. The van der Waals surface area contributed by atoms with E-state index in [0.29, 0.717) is 0 Å². The van der Waals surface area contributed by atoms with Gasteiger partial charge in [-0.25, -0.2) is 0 Å². The highest BCUT2D eigenvalue weighted by molar-refractivity contribution is 7.73. The zero-order chi connectivity index (χ0) is 15.2. The number of methoxy groups -OCH3 is 1. The van der Waals surface area contributed by atoms with Crippen molar-refractivity contribution in [3.63, 3.8) is 0 Å². The standard InChI is InChI=1S/C17H29OP3/c1-5-19-11-13-20(6-2)16-10-8-9-15(18-4)17(16)21(7-3)14-12-19/h8-10H,5-7,11-14H2,1-4H3. The first-order valence-electron chi connectivity index (χ1n) is 8.14. The molecular weight excluding hydrogens is 313 g/mol. The van der Waals surface area contributed by atoms with Crippen LogP contribution in [0.3, 0.4) is 0 Å². The maximum atomic E-state index is 5.76. The number of hydrogen-bond acceptors (Lipinski definition) is 1. The van der Waals surface area contributed by atoms with Gasteiger partial charge in [-0.05, 0) is 54.5 Å². The summed E-state index contributed by atoms with van der Waals surface area (Å²) in [7, 11) is 2.12. The number of benzene rings is 1. The summed E-state index contributed by atoms with van der Waals surface area (Å²) in [6.07, 6.45) is 9.90. The van der Waals surface area contributed by atoms with Crippen LogP contribution in [0.2, 0.25) is 0 Å². The van der Waals surface area contributed by atoms with Crippen LogP contribution in [0.15, 0.2) is 18.2 Å². The Bertz CT molecular complexity index is 450. The summed E-state index contributed by atoms with van der Waals surface area (Å²) in [4.78, 5) is 0. The number of fused-ring (bicyclic) bond motifs is 1. The predicted molar refractivity (Wildman–Crippen MR) is 104 cm³/mol. The van der Waals surface area contributed by atoms with Crippen LogP contribution in [-0.2, 0) is 0 Å².